The minimum atomic E-state index is 0.764. The Morgan fingerprint density at radius 1 is 1.09 bits per heavy atom. The third kappa shape index (κ3) is 4.46. The summed E-state index contributed by atoms with van der Waals surface area (Å²) in [5, 5.41) is 3.36. The summed E-state index contributed by atoms with van der Waals surface area (Å²) >= 11 is 0. The number of rotatable bonds is 6. The second-order valence-corrected chi connectivity index (χ2v) is 6.10. The maximum atomic E-state index is 5.92. The first kappa shape index (κ1) is 15.8. The maximum absolute atomic E-state index is 5.92. The van der Waals surface area contributed by atoms with E-state index in [1.807, 2.05) is 0 Å². The number of benzene rings is 2. The van der Waals surface area contributed by atoms with Crippen molar-refractivity contribution >= 4 is 5.57 Å². The lowest BCUT2D eigenvalue weighted by Crippen LogP contribution is -2.20. The number of aryl methyl sites for hydroxylation is 2. The molecule has 0 saturated carbocycles. The van der Waals surface area contributed by atoms with Crippen LogP contribution in [0.4, 0.5) is 0 Å². The average Bonchev–Trinajstić information content (AvgIpc) is 2.60. The van der Waals surface area contributed by atoms with Crippen LogP contribution in [0.1, 0.15) is 29.5 Å². The third-order valence-electron chi connectivity index (χ3n) is 4.33. The second-order valence-electron chi connectivity index (χ2n) is 6.10. The lowest BCUT2D eigenvalue weighted by molar-refractivity contribution is 0.311. The summed E-state index contributed by atoms with van der Waals surface area (Å²) in [5.41, 5.74) is 5.50. The molecular formula is C21H25NO. The number of hydrogen-bond acceptors (Lipinski definition) is 2. The van der Waals surface area contributed by atoms with Crippen molar-refractivity contribution in [3.63, 3.8) is 0 Å². The van der Waals surface area contributed by atoms with Gasteiger partial charge in [0.15, 0.2) is 0 Å². The number of nitrogens with one attached hydrogen (secondary N) is 1. The largest absolute Gasteiger partial charge is 0.494 e. The number of ether oxygens (including phenoxy) is 1. The van der Waals surface area contributed by atoms with Crippen LogP contribution < -0.4 is 10.1 Å². The molecule has 0 radical (unpaired) electrons. The highest BCUT2D eigenvalue weighted by Crippen LogP contribution is 2.26. The van der Waals surface area contributed by atoms with Gasteiger partial charge in [-0.2, -0.15) is 0 Å². The smallest absolute Gasteiger partial charge is 0.119 e. The summed E-state index contributed by atoms with van der Waals surface area (Å²) in [6.45, 7) is 4.99. The molecule has 2 aromatic rings. The predicted octanol–water partition coefficient (Wildman–Crippen LogP) is 4.38. The fraction of sp³-hybridized carbons (Fsp3) is 0.333. The molecule has 2 heteroatoms. The molecule has 0 saturated heterocycles. The normalized spacial score (nSPS) is 14.4. The Morgan fingerprint density at radius 2 is 1.96 bits per heavy atom. The van der Waals surface area contributed by atoms with Crippen LogP contribution in [0.3, 0.4) is 0 Å². The Morgan fingerprint density at radius 3 is 2.70 bits per heavy atom. The van der Waals surface area contributed by atoms with Gasteiger partial charge < -0.3 is 10.1 Å². The van der Waals surface area contributed by atoms with Gasteiger partial charge in [0.25, 0.3) is 0 Å². The standard InChI is InChI=1S/C21H25NO/c1-17-16-20(9-10-21(17)19-11-13-22-14-12-19)23-15-5-8-18-6-3-2-4-7-18/h2-4,6-7,9-11,16,22H,5,8,12-15H2,1H3. The highest BCUT2D eigenvalue weighted by atomic mass is 16.5. The zero-order valence-corrected chi connectivity index (χ0v) is 13.8. The first-order chi connectivity index (χ1) is 11.3. The first-order valence-electron chi connectivity index (χ1n) is 8.50. The molecular weight excluding hydrogens is 282 g/mol. The van der Waals surface area contributed by atoms with E-state index in [2.05, 4.69) is 66.8 Å². The summed E-state index contributed by atoms with van der Waals surface area (Å²) in [5.74, 6) is 0.980. The summed E-state index contributed by atoms with van der Waals surface area (Å²) in [6, 6.07) is 17.1. The molecule has 2 aromatic carbocycles. The molecule has 1 aliphatic rings. The first-order valence-corrected chi connectivity index (χ1v) is 8.50. The van der Waals surface area contributed by atoms with Gasteiger partial charge >= 0.3 is 0 Å². The van der Waals surface area contributed by atoms with E-state index >= 15 is 0 Å². The van der Waals surface area contributed by atoms with Gasteiger partial charge in [0.2, 0.25) is 0 Å². The Labute approximate surface area is 139 Å². The second kappa shape index (κ2) is 7.98. The van der Waals surface area contributed by atoms with E-state index in [9.17, 15) is 0 Å². The van der Waals surface area contributed by atoms with Crippen LogP contribution >= 0.6 is 0 Å². The van der Waals surface area contributed by atoms with Gasteiger partial charge in [0.05, 0.1) is 6.61 Å². The van der Waals surface area contributed by atoms with Crippen molar-refractivity contribution in [2.24, 2.45) is 0 Å². The summed E-state index contributed by atoms with van der Waals surface area (Å²) < 4.78 is 5.92. The summed E-state index contributed by atoms with van der Waals surface area (Å²) in [4.78, 5) is 0. The van der Waals surface area contributed by atoms with Crippen LogP contribution in [0.25, 0.3) is 5.57 Å². The maximum Gasteiger partial charge on any atom is 0.119 e. The molecule has 1 heterocycles. The van der Waals surface area contributed by atoms with Crippen LogP contribution in [0, 0.1) is 6.92 Å². The van der Waals surface area contributed by atoms with E-state index in [1.54, 1.807) is 0 Å². The van der Waals surface area contributed by atoms with Crippen molar-refractivity contribution in [2.75, 3.05) is 19.7 Å². The Hall–Kier alpha value is -2.06. The molecule has 1 N–H and O–H groups in total. The molecule has 120 valence electrons. The van der Waals surface area contributed by atoms with Gasteiger partial charge in [-0.25, -0.2) is 0 Å². The highest BCUT2D eigenvalue weighted by molar-refractivity contribution is 5.69. The molecule has 3 rings (SSSR count). The molecule has 0 amide bonds. The van der Waals surface area contributed by atoms with Crippen LogP contribution in [0.5, 0.6) is 5.75 Å². The molecule has 0 fully saturated rings. The topological polar surface area (TPSA) is 21.3 Å². The minimum absolute atomic E-state index is 0.764. The van der Waals surface area contributed by atoms with E-state index < -0.39 is 0 Å². The fourth-order valence-electron chi connectivity index (χ4n) is 3.06. The molecule has 0 unspecified atom stereocenters. The van der Waals surface area contributed by atoms with Gasteiger partial charge in [-0.15, -0.1) is 0 Å². The Balaban J connectivity index is 1.53. The highest BCUT2D eigenvalue weighted by Gasteiger charge is 2.09. The van der Waals surface area contributed by atoms with Gasteiger partial charge in [0.1, 0.15) is 5.75 Å². The van der Waals surface area contributed by atoms with E-state index in [0.29, 0.717) is 0 Å². The molecule has 0 spiro atoms. The van der Waals surface area contributed by atoms with Gasteiger partial charge in [-0.3, -0.25) is 0 Å². The monoisotopic (exact) mass is 307 g/mol. The van der Waals surface area contributed by atoms with Crippen LogP contribution in [0.2, 0.25) is 0 Å². The van der Waals surface area contributed by atoms with Crippen molar-refractivity contribution in [1.29, 1.82) is 0 Å². The molecule has 0 aliphatic carbocycles. The molecule has 0 bridgehead atoms. The van der Waals surface area contributed by atoms with Crippen molar-refractivity contribution in [3.05, 3.63) is 71.3 Å². The fourth-order valence-corrected chi connectivity index (χ4v) is 3.06. The van der Waals surface area contributed by atoms with Crippen LogP contribution in [-0.2, 0) is 6.42 Å². The van der Waals surface area contributed by atoms with Gasteiger partial charge in [-0.05, 0) is 67.1 Å². The van der Waals surface area contributed by atoms with E-state index in [-0.39, 0.29) is 0 Å². The zero-order chi connectivity index (χ0) is 15.9. The molecule has 2 nitrogen and oxygen atoms in total. The van der Waals surface area contributed by atoms with E-state index in [1.165, 1.54) is 22.3 Å². The Kier molecular flexibility index (Phi) is 5.49. The predicted molar refractivity (Wildman–Crippen MR) is 96.9 cm³/mol. The average molecular weight is 307 g/mol. The van der Waals surface area contributed by atoms with Crippen LogP contribution in [0.15, 0.2) is 54.6 Å². The van der Waals surface area contributed by atoms with Crippen molar-refractivity contribution in [2.45, 2.75) is 26.2 Å². The molecule has 0 atom stereocenters. The summed E-state index contributed by atoms with van der Waals surface area (Å²) in [7, 11) is 0. The van der Waals surface area contributed by atoms with Crippen LogP contribution in [-0.4, -0.2) is 19.7 Å². The quantitative estimate of drug-likeness (QED) is 0.800. The minimum Gasteiger partial charge on any atom is -0.494 e. The lowest BCUT2D eigenvalue weighted by atomic mass is 9.96. The van der Waals surface area contributed by atoms with E-state index in [0.717, 1.165) is 44.7 Å². The van der Waals surface area contributed by atoms with Crippen molar-refractivity contribution < 1.29 is 4.74 Å². The molecule has 1 aliphatic heterocycles. The van der Waals surface area contributed by atoms with Crippen molar-refractivity contribution in [3.8, 4) is 5.75 Å². The third-order valence-corrected chi connectivity index (χ3v) is 4.33. The van der Waals surface area contributed by atoms with E-state index in [4.69, 9.17) is 4.74 Å². The van der Waals surface area contributed by atoms with Gasteiger partial charge in [-0.1, -0.05) is 42.5 Å². The molecule has 23 heavy (non-hydrogen) atoms. The SMILES string of the molecule is Cc1cc(OCCCc2ccccc2)ccc1C1=CCNCC1. The summed E-state index contributed by atoms with van der Waals surface area (Å²) in [6.07, 6.45) is 5.52. The Bertz CT molecular complexity index is 661. The van der Waals surface area contributed by atoms with Gasteiger partial charge in [0, 0.05) is 6.54 Å². The number of hydrogen-bond donors (Lipinski definition) is 1. The lowest BCUT2D eigenvalue weighted by Gasteiger charge is -2.17. The molecule has 0 aromatic heterocycles. The zero-order valence-electron chi connectivity index (χ0n) is 13.8. The van der Waals surface area contributed by atoms with Crippen molar-refractivity contribution in [1.82, 2.24) is 5.32 Å².